The zero-order valence-electron chi connectivity index (χ0n) is 40.0. The van der Waals surface area contributed by atoms with Gasteiger partial charge in [0.2, 0.25) is 11.8 Å². The highest BCUT2D eigenvalue weighted by Crippen LogP contribution is 2.31. The molecular formula is C48H56ClN11O10. The van der Waals surface area contributed by atoms with Gasteiger partial charge in [-0.3, -0.25) is 19.2 Å². The summed E-state index contributed by atoms with van der Waals surface area (Å²) in [4.78, 5) is 102. The topological polar surface area (TPSA) is 244 Å². The number of likely N-dealkylation sites (N-methyl/N-ethyl adjacent to an activating group) is 1. The predicted molar refractivity (Wildman–Crippen MR) is 258 cm³/mol. The molecule has 0 aliphatic carbocycles. The van der Waals surface area contributed by atoms with E-state index in [9.17, 15) is 38.7 Å². The number of aliphatic hydroxyl groups is 1. The quantitative estimate of drug-likeness (QED) is 0.109. The number of ether oxygens (including phenoxy) is 2. The van der Waals surface area contributed by atoms with Crippen LogP contribution in [0.25, 0.3) is 16.6 Å². The van der Waals surface area contributed by atoms with E-state index in [2.05, 4.69) is 26.2 Å². The van der Waals surface area contributed by atoms with E-state index in [-0.39, 0.29) is 67.6 Å². The Morgan fingerprint density at radius 2 is 1.51 bits per heavy atom. The number of nitrogens with zero attached hydrogens (tertiary/aromatic N) is 9. The summed E-state index contributed by atoms with van der Waals surface area (Å²) in [6.45, 7) is 10.9. The number of aliphatic hydroxyl groups excluding tert-OH is 1. The van der Waals surface area contributed by atoms with Gasteiger partial charge >= 0.3 is 29.9 Å². The first-order chi connectivity index (χ1) is 33.1. The molecule has 2 aromatic heterocycles. The van der Waals surface area contributed by atoms with Crippen molar-refractivity contribution in [1.82, 2.24) is 39.5 Å². The second-order valence-corrected chi connectivity index (χ2v) is 19.5. The van der Waals surface area contributed by atoms with Crippen molar-refractivity contribution in [2.45, 2.75) is 78.0 Å². The Labute approximate surface area is 408 Å². The monoisotopic (exact) mass is 981 g/mol. The van der Waals surface area contributed by atoms with Crippen LogP contribution < -0.4 is 15.5 Å². The number of piperidine rings is 1. The van der Waals surface area contributed by atoms with Gasteiger partial charge in [-0.25, -0.2) is 19.0 Å². The Bertz CT molecular complexity index is 2790. The van der Waals surface area contributed by atoms with Crippen molar-refractivity contribution >= 4 is 81.3 Å². The van der Waals surface area contributed by atoms with Gasteiger partial charge in [-0.05, 0) is 125 Å². The molecule has 7 rings (SSSR count). The Morgan fingerprint density at radius 1 is 0.829 bits per heavy atom. The molecule has 6 amide bonds. The van der Waals surface area contributed by atoms with Crippen molar-refractivity contribution in [2.75, 3.05) is 61.9 Å². The fourth-order valence-corrected chi connectivity index (χ4v) is 8.42. The van der Waals surface area contributed by atoms with E-state index >= 15 is 0 Å². The van der Waals surface area contributed by atoms with E-state index in [1.807, 2.05) is 0 Å². The number of tetrazole rings is 1. The summed E-state index contributed by atoms with van der Waals surface area (Å²) >= 11 is 6.37. The summed E-state index contributed by atoms with van der Waals surface area (Å²) in [6.07, 6.45) is 1.44. The predicted octanol–water partition coefficient (Wildman–Crippen LogP) is 5.13. The SMILES string of the molecule is CN(CCO)C(=O)C1CCN(C(=O)Nc2ccc(CC(C(=O)Nc3ccc4c(c3)cc(C(=O)OC(C)(C)C)n4C(=O)OC(C)(C)C)N3CCN(c4cc(Cl)ccc4-n4cnnn4)C(=O)C3=O)cc2)CC1. The number of hydrogen-bond acceptors (Lipinski definition) is 13. The number of esters is 1. The number of halogens is 1. The highest BCUT2D eigenvalue weighted by atomic mass is 35.5. The first-order valence-electron chi connectivity index (χ1n) is 22.7. The first-order valence-corrected chi connectivity index (χ1v) is 23.1. The van der Waals surface area contributed by atoms with E-state index in [0.717, 1.165) is 4.57 Å². The second kappa shape index (κ2) is 20.7. The number of rotatable bonds is 12. The lowest BCUT2D eigenvalue weighted by atomic mass is 9.95. The van der Waals surface area contributed by atoms with Crippen molar-refractivity contribution in [1.29, 1.82) is 0 Å². The molecule has 3 aromatic carbocycles. The molecule has 5 aromatic rings. The fraction of sp³-hybridized carbons (Fsp3) is 0.417. The molecule has 0 radical (unpaired) electrons. The van der Waals surface area contributed by atoms with Crippen LogP contribution in [0, 0.1) is 5.92 Å². The normalized spacial score (nSPS) is 15.2. The number of amides is 6. The molecule has 21 nitrogen and oxygen atoms in total. The molecule has 1 atom stereocenters. The van der Waals surface area contributed by atoms with E-state index < -0.39 is 47.0 Å². The summed E-state index contributed by atoms with van der Waals surface area (Å²) in [6, 6.07) is 16.0. The maximum atomic E-state index is 14.6. The smallest absolute Gasteiger partial charge is 0.419 e. The van der Waals surface area contributed by atoms with Gasteiger partial charge in [-0.15, -0.1) is 5.10 Å². The summed E-state index contributed by atoms with van der Waals surface area (Å²) < 4.78 is 13.7. The Hall–Kier alpha value is -7.39. The highest BCUT2D eigenvalue weighted by Gasteiger charge is 2.41. The number of carbonyl (C=O) groups excluding carboxylic acids is 7. The zero-order chi connectivity index (χ0) is 50.7. The molecule has 2 aliphatic heterocycles. The van der Waals surface area contributed by atoms with Gasteiger partial charge in [0, 0.05) is 73.9 Å². The van der Waals surface area contributed by atoms with Crippen LogP contribution in [0.5, 0.6) is 0 Å². The maximum Gasteiger partial charge on any atom is 0.419 e. The van der Waals surface area contributed by atoms with Gasteiger partial charge < -0.3 is 44.8 Å². The molecule has 22 heteroatoms. The molecule has 2 fully saturated rings. The molecule has 1 unspecified atom stereocenters. The average Bonchev–Trinajstić information content (AvgIpc) is 3.98. The number of piperazine rings is 1. The van der Waals surface area contributed by atoms with E-state index in [1.54, 1.807) is 102 Å². The van der Waals surface area contributed by atoms with Crippen LogP contribution in [-0.4, -0.2) is 150 Å². The Morgan fingerprint density at radius 3 is 2.16 bits per heavy atom. The first kappa shape index (κ1) is 50.5. The average molecular weight is 982 g/mol. The van der Waals surface area contributed by atoms with Gasteiger partial charge in [0.1, 0.15) is 29.3 Å². The molecular weight excluding hydrogens is 926 g/mol. The minimum Gasteiger partial charge on any atom is -0.455 e. The molecule has 0 spiro atoms. The lowest BCUT2D eigenvalue weighted by Crippen LogP contribution is -2.60. The van der Waals surface area contributed by atoms with E-state index in [0.29, 0.717) is 58.8 Å². The van der Waals surface area contributed by atoms with Crippen LogP contribution in [0.4, 0.5) is 26.7 Å². The number of anilines is 3. The highest BCUT2D eigenvalue weighted by molar-refractivity contribution is 6.41. The van der Waals surface area contributed by atoms with Crippen LogP contribution in [0.1, 0.15) is 70.4 Å². The Kier molecular flexibility index (Phi) is 14.9. The van der Waals surface area contributed by atoms with Crippen LogP contribution in [0.3, 0.4) is 0 Å². The molecule has 0 saturated carbocycles. The minimum atomic E-state index is -1.25. The lowest BCUT2D eigenvalue weighted by molar-refractivity contribution is -0.149. The van der Waals surface area contributed by atoms with Crippen LogP contribution in [-0.2, 0) is 35.1 Å². The number of fused-ring (bicyclic) bond motifs is 1. The summed E-state index contributed by atoms with van der Waals surface area (Å²) in [7, 11) is 1.64. The van der Waals surface area contributed by atoms with Gasteiger partial charge in [0.05, 0.1) is 23.5 Å². The molecule has 3 N–H and O–H groups in total. The lowest BCUT2D eigenvalue weighted by Gasteiger charge is -2.38. The van der Waals surface area contributed by atoms with Crippen LogP contribution >= 0.6 is 11.6 Å². The number of nitrogens with one attached hydrogen (secondary N) is 2. The van der Waals surface area contributed by atoms with Crippen LogP contribution in [0.2, 0.25) is 5.02 Å². The largest absolute Gasteiger partial charge is 0.455 e. The Balaban J connectivity index is 1.14. The van der Waals surface area contributed by atoms with E-state index in [4.69, 9.17) is 21.1 Å². The third kappa shape index (κ3) is 11.7. The fourth-order valence-electron chi connectivity index (χ4n) is 8.25. The van der Waals surface area contributed by atoms with Crippen molar-refractivity contribution in [2.24, 2.45) is 5.92 Å². The molecule has 370 valence electrons. The zero-order valence-corrected chi connectivity index (χ0v) is 40.7. The van der Waals surface area contributed by atoms with Crippen molar-refractivity contribution < 1.29 is 48.1 Å². The molecule has 4 heterocycles. The number of aromatic nitrogens is 5. The molecule has 2 saturated heterocycles. The number of hydrogen-bond donors (Lipinski definition) is 3. The van der Waals surface area contributed by atoms with Gasteiger partial charge in [0.25, 0.3) is 0 Å². The summed E-state index contributed by atoms with van der Waals surface area (Å²) in [5, 5.41) is 27.0. The molecule has 70 heavy (non-hydrogen) atoms. The molecule has 0 bridgehead atoms. The van der Waals surface area contributed by atoms with Gasteiger partial charge in [0.15, 0.2) is 0 Å². The summed E-state index contributed by atoms with van der Waals surface area (Å²) in [5.74, 6) is -3.61. The van der Waals surface area contributed by atoms with Crippen molar-refractivity contribution in [3.05, 3.63) is 89.3 Å². The number of benzene rings is 3. The van der Waals surface area contributed by atoms with E-state index in [1.165, 1.54) is 43.9 Å². The minimum absolute atomic E-state index is 0.0306. The van der Waals surface area contributed by atoms with Crippen molar-refractivity contribution in [3.8, 4) is 5.69 Å². The third-order valence-corrected chi connectivity index (χ3v) is 11.8. The number of urea groups is 1. The van der Waals surface area contributed by atoms with Crippen LogP contribution in [0.15, 0.2) is 73.1 Å². The van der Waals surface area contributed by atoms with Gasteiger partial charge in [-0.2, -0.15) is 4.68 Å². The number of carbonyl (C=O) groups is 7. The number of likely N-dealkylation sites (tertiary alicyclic amines) is 1. The second-order valence-electron chi connectivity index (χ2n) is 19.0. The third-order valence-electron chi connectivity index (χ3n) is 11.6. The summed E-state index contributed by atoms with van der Waals surface area (Å²) in [5.41, 5.74) is 0.405. The van der Waals surface area contributed by atoms with Gasteiger partial charge in [-0.1, -0.05) is 23.7 Å². The maximum absolute atomic E-state index is 14.6. The standard InChI is InChI=1S/C48H56ClN11O10/c1-47(2,3)69-44(66)39-26-31-25-34(13-15-35(31)60(39)46(68)70-48(4,5)6)51-40(62)38(58-21-20-57(42(64)43(58)65)37-27-32(49)10-14-36(37)59-28-50-53-54-59)24-29-8-11-33(12-9-29)52-45(67)56-18-16-30(17-19-56)41(63)55(7)22-23-61/h8-15,25-28,30,38,61H,16-24H2,1-7H3,(H,51,62)(H,52,67). The van der Waals surface area contributed by atoms with Crippen molar-refractivity contribution in [3.63, 3.8) is 0 Å². The molecule has 2 aliphatic rings.